The third kappa shape index (κ3) is 3.53. The van der Waals surface area contributed by atoms with E-state index in [4.69, 9.17) is 21.1 Å². The van der Waals surface area contributed by atoms with Gasteiger partial charge in [0.1, 0.15) is 0 Å². The second-order valence-electron chi connectivity index (χ2n) is 6.67. The molecule has 1 aliphatic heterocycles. The van der Waals surface area contributed by atoms with Gasteiger partial charge in [-0.05, 0) is 32.0 Å². The number of nitrogens with zero attached hydrogens (tertiary/aromatic N) is 2. The van der Waals surface area contributed by atoms with E-state index in [0.29, 0.717) is 35.8 Å². The van der Waals surface area contributed by atoms with E-state index in [1.165, 1.54) is 0 Å². The summed E-state index contributed by atoms with van der Waals surface area (Å²) in [5.41, 5.74) is 0.755. The molecular weight excluding hydrogens is 328 g/mol. The highest BCUT2D eigenvalue weighted by molar-refractivity contribution is 6.32. The van der Waals surface area contributed by atoms with E-state index in [9.17, 15) is 4.79 Å². The number of halogens is 1. The fourth-order valence-corrected chi connectivity index (χ4v) is 3.44. The molecule has 0 N–H and O–H groups in total. The first-order valence-corrected chi connectivity index (χ1v) is 8.28. The average molecular weight is 349 g/mol. The second kappa shape index (κ2) is 6.67. The van der Waals surface area contributed by atoms with Crippen LogP contribution in [0.5, 0.6) is 0 Å². The van der Waals surface area contributed by atoms with Crippen LogP contribution in [0.2, 0.25) is 5.02 Å². The normalized spacial score (nSPS) is 20.3. The summed E-state index contributed by atoms with van der Waals surface area (Å²) in [5.74, 6) is -0.0846. The molecule has 2 aromatic rings. The van der Waals surface area contributed by atoms with Crippen molar-refractivity contribution in [1.29, 1.82) is 0 Å². The van der Waals surface area contributed by atoms with Crippen LogP contribution in [0.25, 0.3) is 10.9 Å². The van der Waals surface area contributed by atoms with Gasteiger partial charge in [0.2, 0.25) is 0 Å². The summed E-state index contributed by atoms with van der Waals surface area (Å²) in [7, 11) is 1.63. The summed E-state index contributed by atoms with van der Waals surface area (Å²) in [5, 5.41) is 1.38. The molecule has 5 nitrogen and oxygen atoms in total. The highest BCUT2D eigenvalue weighted by Crippen LogP contribution is 2.27. The predicted octanol–water partition coefficient (Wildman–Crippen LogP) is 3.15. The second-order valence-corrected chi connectivity index (χ2v) is 7.11. The lowest BCUT2D eigenvalue weighted by Crippen LogP contribution is -2.55. The van der Waals surface area contributed by atoms with Crippen molar-refractivity contribution in [3.05, 3.63) is 41.0 Å². The molecule has 0 radical (unpaired) electrons. The zero-order valence-electron chi connectivity index (χ0n) is 14.1. The molecule has 0 saturated carbocycles. The number of hydrogen-bond acceptors (Lipinski definition) is 4. The van der Waals surface area contributed by atoms with Crippen LogP contribution in [0.1, 0.15) is 24.2 Å². The molecule has 3 rings (SSSR count). The van der Waals surface area contributed by atoms with Gasteiger partial charge in [0.05, 0.1) is 29.4 Å². The highest BCUT2D eigenvalue weighted by atomic mass is 35.5. The van der Waals surface area contributed by atoms with Crippen LogP contribution in [0.4, 0.5) is 0 Å². The molecule has 24 heavy (non-hydrogen) atoms. The maximum absolute atomic E-state index is 13.1. The number of morpholine rings is 1. The van der Waals surface area contributed by atoms with Crippen molar-refractivity contribution < 1.29 is 14.3 Å². The van der Waals surface area contributed by atoms with E-state index in [1.54, 1.807) is 24.3 Å². The van der Waals surface area contributed by atoms with E-state index < -0.39 is 5.60 Å². The first-order chi connectivity index (χ1) is 11.4. The number of aromatic nitrogens is 1. The summed E-state index contributed by atoms with van der Waals surface area (Å²) >= 11 is 6.20. The number of hydrogen-bond donors (Lipinski definition) is 0. The van der Waals surface area contributed by atoms with Crippen molar-refractivity contribution in [2.24, 2.45) is 0 Å². The number of fused-ring (bicyclic) bond motifs is 1. The summed E-state index contributed by atoms with van der Waals surface area (Å²) < 4.78 is 11.2. The van der Waals surface area contributed by atoms with Crippen molar-refractivity contribution in [2.45, 2.75) is 25.6 Å². The topological polar surface area (TPSA) is 51.7 Å². The van der Waals surface area contributed by atoms with Gasteiger partial charge in [0.15, 0.2) is 0 Å². The fraction of sp³-hybridized carbons (Fsp3) is 0.444. The van der Waals surface area contributed by atoms with Gasteiger partial charge in [0, 0.05) is 36.8 Å². The van der Waals surface area contributed by atoms with Crippen molar-refractivity contribution >= 4 is 28.4 Å². The SMILES string of the molecule is COC[C@@H]1CN(C(=O)c2cc(Cl)cc3cccnc23)CC(C)(C)O1. The Hall–Kier alpha value is -1.69. The van der Waals surface area contributed by atoms with Gasteiger partial charge >= 0.3 is 0 Å². The van der Waals surface area contributed by atoms with Gasteiger partial charge in [-0.2, -0.15) is 0 Å². The van der Waals surface area contributed by atoms with E-state index in [2.05, 4.69) is 4.98 Å². The maximum Gasteiger partial charge on any atom is 0.256 e. The number of methoxy groups -OCH3 is 1. The summed E-state index contributed by atoms with van der Waals surface area (Å²) in [6, 6.07) is 7.24. The molecular formula is C18H21ClN2O3. The van der Waals surface area contributed by atoms with Crippen molar-refractivity contribution in [3.63, 3.8) is 0 Å². The number of ether oxygens (including phenoxy) is 2. The number of rotatable bonds is 3. The molecule has 1 aromatic heterocycles. The van der Waals surface area contributed by atoms with Crippen LogP contribution in [0.3, 0.4) is 0 Å². The minimum absolute atomic E-state index is 0.0846. The van der Waals surface area contributed by atoms with E-state index in [0.717, 1.165) is 5.39 Å². The van der Waals surface area contributed by atoms with E-state index >= 15 is 0 Å². The Balaban J connectivity index is 1.96. The third-order valence-electron chi connectivity index (χ3n) is 4.02. The molecule has 0 unspecified atom stereocenters. The van der Waals surface area contributed by atoms with Crippen molar-refractivity contribution in [2.75, 3.05) is 26.8 Å². The molecule has 1 aliphatic rings. The third-order valence-corrected chi connectivity index (χ3v) is 4.24. The monoisotopic (exact) mass is 348 g/mol. The van der Waals surface area contributed by atoms with E-state index in [1.807, 2.05) is 32.0 Å². The Morgan fingerprint density at radius 3 is 3.04 bits per heavy atom. The largest absolute Gasteiger partial charge is 0.382 e. The molecule has 6 heteroatoms. The zero-order chi connectivity index (χ0) is 17.3. The van der Waals surface area contributed by atoms with Crippen molar-refractivity contribution in [3.8, 4) is 0 Å². The molecule has 2 heterocycles. The van der Waals surface area contributed by atoms with Crippen LogP contribution < -0.4 is 0 Å². The molecule has 1 saturated heterocycles. The Morgan fingerprint density at radius 2 is 2.29 bits per heavy atom. The quantitative estimate of drug-likeness (QED) is 0.855. The maximum atomic E-state index is 13.1. The molecule has 1 atom stereocenters. The van der Waals surface area contributed by atoms with Gasteiger partial charge in [-0.3, -0.25) is 9.78 Å². The first-order valence-electron chi connectivity index (χ1n) is 7.90. The molecule has 0 aliphatic carbocycles. The molecule has 1 fully saturated rings. The van der Waals surface area contributed by atoms with Gasteiger partial charge in [-0.15, -0.1) is 0 Å². The van der Waals surface area contributed by atoms with Crippen molar-refractivity contribution in [1.82, 2.24) is 9.88 Å². The Labute approximate surface area is 146 Å². The molecule has 0 bridgehead atoms. The first kappa shape index (κ1) is 17.1. The number of carbonyl (C=O) groups excluding carboxylic acids is 1. The number of benzene rings is 1. The van der Waals surface area contributed by atoms with Gasteiger partial charge in [-0.1, -0.05) is 17.7 Å². The summed E-state index contributed by atoms with van der Waals surface area (Å²) in [6.45, 7) is 5.39. The number of carbonyl (C=O) groups is 1. The average Bonchev–Trinajstić information content (AvgIpc) is 2.52. The lowest BCUT2D eigenvalue weighted by Gasteiger charge is -2.42. The van der Waals surface area contributed by atoms with Crippen LogP contribution in [-0.2, 0) is 9.47 Å². The molecule has 128 valence electrons. The van der Waals surface area contributed by atoms with Crippen LogP contribution in [0.15, 0.2) is 30.5 Å². The fourth-order valence-electron chi connectivity index (χ4n) is 3.21. The lowest BCUT2D eigenvalue weighted by atomic mass is 10.0. The number of amides is 1. The van der Waals surface area contributed by atoms with Gasteiger partial charge in [0.25, 0.3) is 5.91 Å². The molecule has 0 spiro atoms. The predicted molar refractivity (Wildman–Crippen MR) is 93.5 cm³/mol. The summed E-state index contributed by atoms with van der Waals surface area (Å²) in [6.07, 6.45) is 1.53. The minimum atomic E-state index is -0.432. The van der Waals surface area contributed by atoms with Crippen LogP contribution in [0, 0.1) is 0 Å². The smallest absolute Gasteiger partial charge is 0.256 e. The van der Waals surface area contributed by atoms with Crippen LogP contribution in [-0.4, -0.2) is 54.3 Å². The Bertz CT molecular complexity index is 763. The Morgan fingerprint density at radius 1 is 1.50 bits per heavy atom. The molecule has 1 amide bonds. The van der Waals surface area contributed by atoms with Gasteiger partial charge < -0.3 is 14.4 Å². The minimum Gasteiger partial charge on any atom is -0.382 e. The lowest BCUT2D eigenvalue weighted by molar-refractivity contribution is -0.143. The Kier molecular flexibility index (Phi) is 4.76. The molecule has 1 aromatic carbocycles. The summed E-state index contributed by atoms with van der Waals surface area (Å²) in [4.78, 5) is 19.3. The number of pyridine rings is 1. The van der Waals surface area contributed by atoms with Gasteiger partial charge in [-0.25, -0.2) is 0 Å². The highest BCUT2D eigenvalue weighted by Gasteiger charge is 2.36. The zero-order valence-corrected chi connectivity index (χ0v) is 14.8. The standard InChI is InChI=1S/C18H21ClN2O3/c1-18(2)11-21(9-14(24-18)10-23-3)17(22)15-8-13(19)7-12-5-4-6-20-16(12)15/h4-8,14H,9-11H2,1-3H3/t14-/m0/s1. The van der Waals surface area contributed by atoms with Crippen LogP contribution >= 0.6 is 11.6 Å². The van der Waals surface area contributed by atoms with E-state index in [-0.39, 0.29) is 12.0 Å².